The summed E-state index contributed by atoms with van der Waals surface area (Å²) < 4.78 is 5.36. The second-order valence-electron chi connectivity index (χ2n) is 7.23. The van der Waals surface area contributed by atoms with Crippen molar-refractivity contribution in [2.75, 3.05) is 0 Å². The van der Waals surface area contributed by atoms with Crippen molar-refractivity contribution in [1.29, 1.82) is 0 Å². The molecule has 3 atom stereocenters. The highest BCUT2D eigenvalue weighted by Gasteiger charge is 2.31. The Labute approximate surface area is 143 Å². The Morgan fingerprint density at radius 1 is 1.30 bits per heavy atom. The predicted octanol–water partition coefficient (Wildman–Crippen LogP) is 4.44. The van der Waals surface area contributed by atoms with E-state index in [0.717, 1.165) is 29.8 Å². The van der Waals surface area contributed by atoms with Crippen molar-refractivity contribution in [3.8, 4) is 0 Å². The molecule has 0 saturated heterocycles. The summed E-state index contributed by atoms with van der Waals surface area (Å²) in [5.74, 6) is 0. The zero-order chi connectivity index (χ0) is 17.0. The van der Waals surface area contributed by atoms with Crippen molar-refractivity contribution < 1.29 is 9.53 Å². The van der Waals surface area contributed by atoms with Crippen molar-refractivity contribution in [2.45, 2.75) is 70.7 Å². The Morgan fingerprint density at radius 2 is 2.00 bits per heavy atom. The highest BCUT2D eigenvalue weighted by atomic mass is 35.5. The van der Waals surface area contributed by atoms with E-state index in [1.54, 1.807) is 0 Å². The maximum Gasteiger partial charge on any atom is 0.407 e. The fourth-order valence-corrected chi connectivity index (χ4v) is 3.18. The van der Waals surface area contributed by atoms with Crippen LogP contribution < -0.4 is 10.6 Å². The van der Waals surface area contributed by atoms with Crippen LogP contribution in [0.15, 0.2) is 24.3 Å². The van der Waals surface area contributed by atoms with Crippen molar-refractivity contribution >= 4 is 17.7 Å². The van der Waals surface area contributed by atoms with Gasteiger partial charge in [0.1, 0.15) is 5.60 Å². The monoisotopic (exact) mass is 338 g/mol. The van der Waals surface area contributed by atoms with Gasteiger partial charge in [-0.05, 0) is 64.7 Å². The topological polar surface area (TPSA) is 50.4 Å². The minimum Gasteiger partial charge on any atom is -0.444 e. The molecule has 1 amide bonds. The summed E-state index contributed by atoms with van der Waals surface area (Å²) in [6.07, 6.45) is 2.77. The van der Waals surface area contributed by atoms with Gasteiger partial charge in [0.2, 0.25) is 0 Å². The van der Waals surface area contributed by atoms with E-state index in [1.165, 1.54) is 0 Å². The number of carbonyl (C=O) groups excluding carboxylic acids is 1. The van der Waals surface area contributed by atoms with E-state index in [2.05, 4.69) is 23.6 Å². The number of amides is 1. The highest BCUT2D eigenvalue weighted by Crippen LogP contribution is 2.24. The highest BCUT2D eigenvalue weighted by molar-refractivity contribution is 6.30. The third-order valence-electron chi connectivity index (χ3n) is 4.03. The van der Waals surface area contributed by atoms with Gasteiger partial charge in [-0.25, -0.2) is 4.79 Å². The molecule has 3 unspecified atom stereocenters. The third-order valence-corrected chi connectivity index (χ3v) is 4.27. The van der Waals surface area contributed by atoms with Gasteiger partial charge in [0.25, 0.3) is 0 Å². The fourth-order valence-electron chi connectivity index (χ4n) is 2.98. The number of rotatable bonds is 4. The molecule has 1 fully saturated rings. The second-order valence-corrected chi connectivity index (χ2v) is 7.67. The van der Waals surface area contributed by atoms with Gasteiger partial charge in [-0.2, -0.15) is 0 Å². The molecule has 23 heavy (non-hydrogen) atoms. The van der Waals surface area contributed by atoms with E-state index in [0.29, 0.717) is 0 Å². The minimum absolute atomic E-state index is 0.103. The lowest BCUT2D eigenvalue weighted by atomic mass is 10.1. The first-order valence-corrected chi connectivity index (χ1v) is 8.63. The van der Waals surface area contributed by atoms with E-state index in [-0.39, 0.29) is 24.2 Å². The molecule has 128 valence electrons. The summed E-state index contributed by atoms with van der Waals surface area (Å²) in [5, 5.41) is 7.36. The van der Waals surface area contributed by atoms with E-state index in [1.807, 2.05) is 39.0 Å². The van der Waals surface area contributed by atoms with Crippen LogP contribution in [-0.4, -0.2) is 23.8 Å². The SMILES string of the molecule is CC(NC1CCCC1NC(=O)OC(C)(C)C)c1cccc(Cl)c1. The molecule has 4 nitrogen and oxygen atoms in total. The largest absolute Gasteiger partial charge is 0.444 e. The van der Waals surface area contributed by atoms with Crippen molar-refractivity contribution in [3.63, 3.8) is 0 Å². The Balaban J connectivity index is 1.92. The number of nitrogens with one attached hydrogen (secondary N) is 2. The van der Waals surface area contributed by atoms with Crippen LogP contribution in [0.3, 0.4) is 0 Å². The number of benzene rings is 1. The first-order chi connectivity index (χ1) is 10.7. The molecule has 1 aliphatic carbocycles. The molecule has 0 heterocycles. The van der Waals surface area contributed by atoms with E-state index >= 15 is 0 Å². The van der Waals surface area contributed by atoms with Gasteiger partial charge < -0.3 is 15.4 Å². The molecule has 0 radical (unpaired) electrons. The van der Waals surface area contributed by atoms with Crippen LogP contribution >= 0.6 is 11.6 Å². The van der Waals surface area contributed by atoms with Crippen LogP contribution in [0.25, 0.3) is 0 Å². The number of alkyl carbamates (subject to hydrolysis) is 1. The van der Waals surface area contributed by atoms with Crippen LogP contribution in [-0.2, 0) is 4.74 Å². The first kappa shape index (κ1) is 18.1. The quantitative estimate of drug-likeness (QED) is 0.853. The Morgan fingerprint density at radius 3 is 2.65 bits per heavy atom. The summed E-state index contributed by atoms with van der Waals surface area (Å²) in [7, 11) is 0. The molecule has 0 bridgehead atoms. The van der Waals surface area contributed by atoms with Gasteiger partial charge in [0.15, 0.2) is 0 Å². The Kier molecular flexibility index (Phi) is 5.93. The zero-order valence-corrected chi connectivity index (χ0v) is 15.1. The van der Waals surface area contributed by atoms with Crippen LogP contribution in [0.2, 0.25) is 5.02 Å². The number of carbonyl (C=O) groups is 1. The fraction of sp³-hybridized carbons (Fsp3) is 0.611. The van der Waals surface area contributed by atoms with E-state index in [4.69, 9.17) is 16.3 Å². The van der Waals surface area contributed by atoms with E-state index in [9.17, 15) is 4.79 Å². The van der Waals surface area contributed by atoms with E-state index < -0.39 is 5.60 Å². The van der Waals surface area contributed by atoms with Gasteiger partial charge in [0, 0.05) is 23.1 Å². The average molecular weight is 339 g/mol. The first-order valence-electron chi connectivity index (χ1n) is 8.25. The van der Waals surface area contributed by atoms with Crippen molar-refractivity contribution in [1.82, 2.24) is 10.6 Å². The Hall–Kier alpha value is -1.26. The molecule has 5 heteroatoms. The molecule has 1 aromatic carbocycles. The van der Waals surface area contributed by atoms with Crippen molar-refractivity contribution in [2.24, 2.45) is 0 Å². The zero-order valence-electron chi connectivity index (χ0n) is 14.4. The lowest BCUT2D eigenvalue weighted by molar-refractivity contribution is 0.0497. The molecule has 2 rings (SSSR count). The van der Waals surface area contributed by atoms with Crippen LogP contribution in [0.4, 0.5) is 4.79 Å². The number of halogens is 1. The predicted molar refractivity (Wildman–Crippen MR) is 93.8 cm³/mol. The average Bonchev–Trinajstić information content (AvgIpc) is 2.83. The van der Waals surface area contributed by atoms with Crippen LogP contribution in [0, 0.1) is 0 Å². The Bertz CT molecular complexity index is 542. The number of hydrogen-bond donors (Lipinski definition) is 2. The number of hydrogen-bond acceptors (Lipinski definition) is 3. The molecule has 0 aromatic heterocycles. The van der Waals surface area contributed by atoms with Gasteiger partial charge in [-0.3, -0.25) is 0 Å². The minimum atomic E-state index is -0.473. The normalized spacial score (nSPS) is 22.7. The molecular weight excluding hydrogens is 312 g/mol. The molecule has 2 N–H and O–H groups in total. The third kappa shape index (κ3) is 5.70. The lowest BCUT2D eigenvalue weighted by Crippen LogP contribution is -2.48. The second kappa shape index (κ2) is 7.54. The van der Waals surface area contributed by atoms with Crippen LogP contribution in [0.5, 0.6) is 0 Å². The molecule has 0 aliphatic heterocycles. The van der Waals surface area contributed by atoms with Gasteiger partial charge >= 0.3 is 6.09 Å². The smallest absolute Gasteiger partial charge is 0.407 e. The molecule has 1 saturated carbocycles. The molecule has 0 spiro atoms. The summed E-state index contributed by atoms with van der Waals surface area (Å²) in [6, 6.07) is 8.41. The summed E-state index contributed by atoms with van der Waals surface area (Å²) in [5.41, 5.74) is 0.681. The standard InChI is InChI=1S/C18H27ClN2O2/c1-12(13-7-5-8-14(19)11-13)20-15-9-6-10-16(15)21-17(22)23-18(2,3)4/h5,7-8,11-12,15-16,20H,6,9-10H2,1-4H3,(H,21,22). The summed E-state index contributed by atoms with van der Waals surface area (Å²) >= 11 is 6.06. The molecule has 1 aromatic rings. The lowest BCUT2D eigenvalue weighted by Gasteiger charge is -2.27. The summed E-state index contributed by atoms with van der Waals surface area (Å²) in [6.45, 7) is 7.74. The van der Waals surface area contributed by atoms with Crippen molar-refractivity contribution in [3.05, 3.63) is 34.9 Å². The molecular formula is C18H27ClN2O2. The van der Waals surface area contributed by atoms with Gasteiger partial charge in [0.05, 0.1) is 0 Å². The van der Waals surface area contributed by atoms with Gasteiger partial charge in [-0.1, -0.05) is 23.7 Å². The van der Waals surface area contributed by atoms with Crippen LogP contribution in [0.1, 0.15) is 58.6 Å². The maximum atomic E-state index is 12.0. The summed E-state index contributed by atoms with van der Waals surface area (Å²) in [4.78, 5) is 12.0. The molecule has 1 aliphatic rings. The van der Waals surface area contributed by atoms with Gasteiger partial charge in [-0.15, -0.1) is 0 Å². The number of ether oxygens (including phenoxy) is 1. The maximum absolute atomic E-state index is 12.0.